The maximum Gasteiger partial charge on any atom is 0.271 e. The third-order valence-electron chi connectivity index (χ3n) is 2.91. The topological polar surface area (TPSA) is 50.7 Å². The lowest BCUT2D eigenvalue weighted by Crippen LogP contribution is -2.12. The van der Waals surface area contributed by atoms with Crippen LogP contribution in [-0.2, 0) is 6.42 Å². The molecule has 94 valence electrons. The average Bonchev–Trinajstić information content (AvgIpc) is 2.82. The molecule has 4 heteroatoms. The van der Waals surface area contributed by atoms with E-state index in [0.717, 1.165) is 16.9 Å². The number of aromatic nitrogens is 3. The summed E-state index contributed by atoms with van der Waals surface area (Å²) in [5.41, 5.74) is 2.74. The summed E-state index contributed by atoms with van der Waals surface area (Å²) in [5.74, 6) is 0. The van der Waals surface area contributed by atoms with Crippen LogP contribution in [0.2, 0.25) is 0 Å². The number of nitrogens with zero attached hydrogens (tertiary/aromatic N) is 2. The molecule has 0 radical (unpaired) electrons. The zero-order valence-electron chi connectivity index (χ0n) is 10.3. The molecule has 3 rings (SSSR count). The Labute approximate surface area is 110 Å². The van der Waals surface area contributed by atoms with Crippen LogP contribution in [0.1, 0.15) is 11.3 Å². The van der Waals surface area contributed by atoms with E-state index in [1.54, 1.807) is 23.1 Å². The summed E-state index contributed by atoms with van der Waals surface area (Å²) in [6, 6.07) is 15.0. The van der Waals surface area contributed by atoms with Crippen LogP contribution in [0.25, 0.3) is 5.69 Å². The first-order valence-corrected chi connectivity index (χ1v) is 6.08. The van der Waals surface area contributed by atoms with Gasteiger partial charge in [0.05, 0.1) is 5.69 Å². The SMILES string of the molecule is O=c1cc(Cc2cccnc2)[nH]n1-c1ccccc1. The van der Waals surface area contributed by atoms with Crippen molar-refractivity contribution in [2.75, 3.05) is 0 Å². The van der Waals surface area contributed by atoms with E-state index in [-0.39, 0.29) is 5.56 Å². The molecule has 0 unspecified atom stereocenters. The van der Waals surface area contributed by atoms with E-state index in [1.807, 2.05) is 42.5 Å². The Morgan fingerprint density at radius 2 is 1.95 bits per heavy atom. The van der Waals surface area contributed by atoms with Gasteiger partial charge in [-0.3, -0.25) is 14.9 Å². The number of rotatable bonds is 3. The lowest BCUT2D eigenvalue weighted by Gasteiger charge is -2.01. The van der Waals surface area contributed by atoms with Gasteiger partial charge in [-0.25, -0.2) is 4.68 Å². The summed E-state index contributed by atoms with van der Waals surface area (Å²) in [6.07, 6.45) is 4.21. The highest BCUT2D eigenvalue weighted by Crippen LogP contribution is 2.07. The number of aromatic amines is 1. The smallest absolute Gasteiger partial charge is 0.271 e. The van der Waals surface area contributed by atoms with Crippen molar-refractivity contribution in [2.24, 2.45) is 0 Å². The summed E-state index contributed by atoms with van der Waals surface area (Å²) in [7, 11) is 0. The Morgan fingerprint density at radius 3 is 2.68 bits per heavy atom. The van der Waals surface area contributed by atoms with Crippen LogP contribution in [0.15, 0.2) is 65.7 Å². The first-order chi connectivity index (χ1) is 9.33. The monoisotopic (exact) mass is 251 g/mol. The van der Waals surface area contributed by atoms with Crippen molar-refractivity contribution in [3.8, 4) is 5.69 Å². The lowest BCUT2D eigenvalue weighted by molar-refractivity contribution is 0.824. The number of hydrogen-bond acceptors (Lipinski definition) is 2. The Kier molecular flexibility index (Phi) is 2.98. The Balaban J connectivity index is 1.92. The van der Waals surface area contributed by atoms with E-state index < -0.39 is 0 Å². The number of pyridine rings is 1. The van der Waals surface area contributed by atoms with E-state index >= 15 is 0 Å². The fourth-order valence-electron chi connectivity index (χ4n) is 2.03. The Hall–Kier alpha value is -2.62. The highest BCUT2D eigenvalue weighted by Gasteiger charge is 2.05. The molecular formula is C15H13N3O. The first kappa shape index (κ1) is 11.5. The van der Waals surface area contributed by atoms with E-state index in [0.29, 0.717) is 6.42 Å². The van der Waals surface area contributed by atoms with Crippen molar-refractivity contribution < 1.29 is 0 Å². The first-order valence-electron chi connectivity index (χ1n) is 6.08. The molecule has 0 bridgehead atoms. The molecule has 2 heterocycles. The predicted octanol–water partition coefficient (Wildman–Crippen LogP) is 2.15. The second-order valence-electron chi connectivity index (χ2n) is 4.33. The van der Waals surface area contributed by atoms with Gasteiger partial charge >= 0.3 is 0 Å². The molecule has 0 aliphatic rings. The van der Waals surface area contributed by atoms with Gasteiger partial charge in [0, 0.05) is 30.6 Å². The minimum atomic E-state index is -0.0508. The summed E-state index contributed by atoms with van der Waals surface area (Å²) in [5, 5.41) is 3.12. The minimum absolute atomic E-state index is 0.0508. The predicted molar refractivity (Wildman–Crippen MR) is 73.4 cm³/mol. The van der Waals surface area contributed by atoms with Crippen molar-refractivity contribution in [3.05, 3.63) is 82.5 Å². The fourth-order valence-corrected chi connectivity index (χ4v) is 2.03. The summed E-state index contributed by atoms with van der Waals surface area (Å²) < 4.78 is 1.55. The van der Waals surface area contributed by atoms with Gasteiger partial charge in [0.1, 0.15) is 0 Å². The van der Waals surface area contributed by atoms with E-state index in [1.165, 1.54) is 0 Å². The maximum atomic E-state index is 11.9. The van der Waals surface area contributed by atoms with Crippen molar-refractivity contribution in [3.63, 3.8) is 0 Å². The van der Waals surface area contributed by atoms with Crippen LogP contribution in [-0.4, -0.2) is 14.8 Å². The van der Waals surface area contributed by atoms with Gasteiger partial charge < -0.3 is 0 Å². The molecule has 0 fully saturated rings. The van der Waals surface area contributed by atoms with Crippen LogP contribution in [0.5, 0.6) is 0 Å². The van der Waals surface area contributed by atoms with Gasteiger partial charge in [-0.05, 0) is 23.8 Å². The molecule has 1 aromatic carbocycles. The van der Waals surface area contributed by atoms with E-state index in [4.69, 9.17) is 0 Å². The molecule has 4 nitrogen and oxygen atoms in total. The molecule has 0 aliphatic heterocycles. The van der Waals surface area contributed by atoms with Gasteiger partial charge in [-0.15, -0.1) is 0 Å². The molecule has 1 N–H and O–H groups in total. The second kappa shape index (κ2) is 4.94. The molecule has 0 saturated heterocycles. The van der Waals surface area contributed by atoms with Crippen molar-refractivity contribution >= 4 is 0 Å². The van der Waals surface area contributed by atoms with Gasteiger partial charge in [-0.2, -0.15) is 0 Å². The van der Waals surface area contributed by atoms with Gasteiger partial charge in [0.25, 0.3) is 5.56 Å². The molecule has 0 aliphatic carbocycles. The zero-order chi connectivity index (χ0) is 13.1. The normalized spacial score (nSPS) is 10.5. The van der Waals surface area contributed by atoms with Crippen molar-refractivity contribution in [1.82, 2.24) is 14.8 Å². The fraction of sp³-hybridized carbons (Fsp3) is 0.0667. The van der Waals surface area contributed by atoms with Crippen LogP contribution >= 0.6 is 0 Å². The minimum Gasteiger partial charge on any atom is -0.295 e. The highest BCUT2D eigenvalue weighted by molar-refractivity contribution is 5.31. The van der Waals surface area contributed by atoms with E-state index in [9.17, 15) is 4.79 Å². The van der Waals surface area contributed by atoms with E-state index in [2.05, 4.69) is 10.1 Å². The summed E-state index contributed by atoms with van der Waals surface area (Å²) in [6.45, 7) is 0. The third-order valence-corrected chi connectivity index (χ3v) is 2.91. The molecule has 3 aromatic rings. The molecule has 0 amide bonds. The summed E-state index contributed by atoms with van der Waals surface area (Å²) >= 11 is 0. The van der Waals surface area contributed by atoms with Crippen LogP contribution in [0.4, 0.5) is 0 Å². The van der Waals surface area contributed by atoms with Crippen LogP contribution in [0.3, 0.4) is 0 Å². The number of nitrogens with one attached hydrogen (secondary N) is 1. The van der Waals surface area contributed by atoms with Crippen molar-refractivity contribution in [1.29, 1.82) is 0 Å². The van der Waals surface area contributed by atoms with Gasteiger partial charge in [0.15, 0.2) is 0 Å². The number of hydrogen-bond donors (Lipinski definition) is 1. The highest BCUT2D eigenvalue weighted by atomic mass is 16.1. The maximum absolute atomic E-state index is 11.9. The Bertz CT molecular complexity index is 714. The van der Waals surface area contributed by atoms with Crippen molar-refractivity contribution in [2.45, 2.75) is 6.42 Å². The lowest BCUT2D eigenvalue weighted by atomic mass is 10.2. The van der Waals surface area contributed by atoms with Gasteiger partial charge in [-0.1, -0.05) is 24.3 Å². The molecule has 19 heavy (non-hydrogen) atoms. The summed E-state index contributed by atoms with van der Waals surface area (Å²) in [4.78, 5) is 16.0. The van der Waals surface area contributed by atoms with Crippen LogP contribution in [0, 0.1) is 0 Å². The second-order valence-corrected chi connectivity index (χ2v) is 4.33. The molecule has 0 saturated carbocycles. The average molecular weight is 251 g/mol. The molecular weight excluding hydrogens is 238 g/mol. The number of H-pyrrole nitrogens is 1. The molecule has 0 atom stereocenters. The number of para-hydroxylation sites is 1. The third kappa shape index (κ3) is 2.47. The van der Waals surface area contributed by atoms with Crippen LogP contribution < -0.4 is 5.56 Å². The number of benzene rings is 1. The largest absolute Gasteiger partial charge is 0.295 e. The zero-order valence-corrected chi connectivity index (χ0v) is 10.3. The molecule has 2 aromatic heterocycles. The standard InChI is InChI=1S/C15H13N3O/c19-15-10-13(9-12-5-4-8-16-11-12)17-18(15)14-6-2-1-3-7-14/h1-8,10-11,17H,9H2. The van der Waals surface area contributed by atoms with Gasteiger partial charge in [0.2, 0.25) is 0 Å². The Morgan fingerprint density at radius 1 is 1.11 bits per heavy atom. The molecule has 0 spiro atoms. The quantitative estimate of drug-likeness (QED) is 0.775.